The summed E-state index contributed by atoms with van der Waals surface area (Å²) in [5.74, 6) is -0.863. The van der Waals surface area contributed by atoms with Crippen LogP contribution in [0.1, 0.15) is 200 Å². The lowest BCUT2D eigenvalue weighted by molar-refractivity contribution is -0.161. The summed E-state index contributed by atoms with van der Waals surface area (Å²) in [6.45, 7) is 3.59. The first-order valence-electron chi connectivity index (χ1n) is 23.3. The highest BCUT2D eigenvalue weighted by Crippen LogP contribution is 2.43. The van der Waals surface area contributed by atoms with Crippen molar-refractivity contribution in [2.24, 2.45) is 5.73 Å². The van der Waals surface area contributed by atoms with Crippen LogP contribution in [0, 0.1) is 0 Å². The Bertz CT molecular complexity index is 1130. The van der Waals surface area contributed by atoms with E-state index in [4.69, 9.17) is 24.3 Å². The standard InChI is InChI=1S/C48H86NO8P/c1-3-5-7-9-11-13-15-17-19-21-23-25-27-29-31-33-35-37-39-41-48(51)57-46(45-56-58(52,53)55-43-42-49)44-54-47(50)40-38-36-34-32-30-28-26-24-22-20-18-16-14-12-10-8-6-4-2/h5,7,11,13,17,19,23,25,29,31,46H,3-4,6,8-10,12,14-16,18,20-22,24,26-28,30,32-45,49H2,1-2H3,(H,52,53)/b7-5+,13-11+,19-17+,25-23+,31-29+/t46-/m1/s1. The van der Waals surface area contributed by atoms with Crippen molar-refractivity contribution in [3.8, 4) is 0 Å². The normalized spacial score (nSPS) is 13.8. The number of carbonyl (C=O) groups excluding carboxylic acids is 2. The Balaban J connectivity index is 4.17. The smallest absolute Gasteiger partial charge is 0.462 e. The molecule has 0 saturated heterocycles. The second-order valence-electron chi connectivity index (χ2n) is 15.2. The minimum absolute atomic E-state index is 0.0461. The fourth-order valence-electron chi connectivity index (χ4n) is 6.25. The van der Waals surface area contributed by atoms with Crippen molar-refractivity contribution < 1.29 is 37.6 Å². The van der Waals surface area contributed by atoms with Gasteiger partial charge < -0.3 is 20.1 Å². The topological polar surface area (TPSA) is 134 Å². The Hall–Kier alpha value is -2.29. The maximum atomic E-state index is 12.6. The van der Waals surface area contributed by atoms with Crippen molar-refractivity contribution in [2.45, 2.75) is 206 Å². The van der Waals surface area contributed by atoms with Crippen LogP contribution in [0.5, 0.6) is 0 Å². The van der Waals surface area contributed by atoms with Gasteiger partial charge in [-0.2, -0.15) is 0 Å². The average molecular weight is 836 g/mol. The number of allylic oxidation sites excluding steroid dienone is 10. The molecule has 10 heteroatoms. The molecule has 0 aliphatic rings. The first-order valence-corrected chi connectivity index (χ1v) is 24.8. The first kappa shape index (κ1) is 55.7. The summed E-state index contributed by atoms with van der Waals surface area (Å²) >= 11 is 0. The molecule has 0 aliphatic heterocycles. The minimum Gasteiger partial charge on any atom is -0.462 e. The molecule has 3 N–H and O–H groups in total. The zero-order chi connectivity index (χ0) is 42.5. The molecule has 58 heavy (non-hydrogen) atoms. The molecule has 9 nitrogen and oxygen atoms in total. The largest absolute Gasteiger partial charge is 0.472 e. The predicted octanol–water partition coefficient (Wildman–Crippen LogP) is 13.7. The van der Waals surface area contributed by atoms with Crippen LogP contribution in [0.3, 0.4) is 0 Å². The summed E-state index contributed by atoms with van der Waals surface area (Å²) in [6.07, 6.45) is 52.5. The molecule has 0 radical (unpaired) electrons. The van der Waals surface area contributed by atoms with Crippen molar-refractivity contribution in [1.82, 2.24) is 0 Å². The summed E-state index contributed by atoms with van der Waals surface area (Å²) < 4.78 is 32.8. The Kier molecular flexibility index (Phi) is 42.5. The van der Waals surface area contributed by atoms with Crippen molar-refractivity contribution in [3.05, 3.63) is 60.8 Å². The average Bonchev–Trinajstić information content (AvgIpc) is 3.21. The fourth-order valence-corrected chi connectivity index (χ4v) is 7.01. The molecule has 0 aromatic rings. The van der Waals surface area contributed by atoms with Crippen LogP contribution in [0.15, 0.2) is 60.8 Å². The molecule has 1 unspecified atom stereocenters. The minimum atomic E-state index is -4.39. The molecule has 0 amide bonds. The summed E-state index contributed by atoms with van der Waals surface area (Å²) in [4.78, 5) is 34.9. The van der Waals surface area contributed by atoms with E-state index in [1.165, 1.54) is 96.3 Å². The van der Waals surface area contributed by atoms with Crippen LogP contribution in [0.4, 0.5) is 0 Å². The van der Waals surface area contributed by atoms with Gasteiger partial charge in [0.1, 0.15) is 6.61 Å². The fraction of sp³-hybridized carbons (Fsp3) is 0.750. The molecule has 2 atom stereocenters. The Morgan fingerprint density at radius 3 is 1.41 bits per heavy atom. The predicted molar refractivity (Wildman–Crippen MR) is 243 cm³/mol. The van der Waals surface area contributed by atoms with Crippen LogP contribution >= 0.6 is 7.82 Å². The Morgan fingerprint density at radius 2 is 0.948 bits per heavy atom. The second kappa shape index (κ2) is 44.3. The van der Waals surface area contributed by atoms with Crippen LogP contribution in [-0.4, -0.2) is 49.3 Å². The number of unbranched alkanes of at least 4 members (excludes halogenated alkanes) is 20. The highest BCUT2D eigenvalue weighted by Gasteiger charge is 2.26. The highest BCUT2D eigenvalue weighted by molar-refractivity contribution is 7.47. The second-order valence-corrected chi connectivity index (χ2v) is 16.7. The molecule has 0 rings (SSSR count). The van der Waals surface area contributed by atoms with E-state index < -0.39 is 26.5 Å². The number of phosphoric ester groups is 1. The van der Waals surface area contributed by atoms with Crippen LogP contribution in [0.25, 0.3) is 0 Å². The number of esters is 2. The molecule has 0 aliphatic carbocycles. The van der Waals surface area contributed by atoms with Crippen LogP contribution < -0.4 is 5.73 Å². The number of ether oxygens (including phenoxy) is 2. The monoisotopic (exact) mass is 836 g/mol. The third kappa shape index (κ3) is 43.3. The third-order valence-corrected chi connectivity index (χ3v) is 10.7. The van der Waals surface area contributed by atoms with E-state index in [1.807, 2.05) is 0 Å². The number of rotatable bonds is 43. The SMILES string of the molecule is CC/C=C/C/C=C/C/C=C/C/C=C/C/C=C/CCCCCC(=O)O[C@H](COC(=O)CCCCCCCCCCCCCCCCCCCC)COP(=O)(O)OCCN. The maximum absolute atomic E-state index is 12.6. The van der Waals surface area contributed by atoms with E-state index >= 15 is 0 Å². The van der Waals surface area contributed by atoms with Gasteiger partial charge in [-0.05, 0) is 57.8 Å². The maximum Gasteiger partial charge on any atom is 0.472 e. The van der Waals surface area contributed by atoms with Gasteiger partial charge in [-0.3, -0.25) is 18.6 Å². The molecule has 0 aromatic carbocycles. The lowest BCUT2D eigenvalue weighted by Gasteiger charge is -2.19. The summed E-state index contributed by atoms with van der Waals surface area (Å²) in [5.41, 5.74) is 5.35. The molecule has 0 fully saturated rings. The zero-order valence-corrected chi connectivity index (χ0v) is 37.9. The van der Waals surface area contributed by atoms with Crippen LogP contribution in [-0.2, 0) is 32.7 Å². The summed E-state index contributed by atoms with van der Waals surface area (Å²) in [7, 11) is -4.39. The van der Waals surface area contributed by atoms with Crippen molar-refractivity contribution >= 4 is 19.8 Å². The molecule has 336 valence electrons. The number of hydrogen-bond acceptors (Lipinski definition) is 8. The van der Waals surface area contributed by atoms with E-state index in [0.717, 1.165) is 70.6 Å². The molecule has 0 saturated carbocycles. The van der Waals surface area contributed by atoms with Crippen molar-refractivity contribution in [1.29, 1.82) is 0 Å². The van der Waals surface area contributed by atoms with Crippen LogP contribution in [0.2, 0.25) is 0 Å². The van der Waals surface area contributed by atoms with Gasteiger partial charge in [0.05, 0.1) is 13.2 Å². The summed E-state index contributed by atoms with van der Waals surface area (Å²) in [6, 6.07) is 0. The Labute approximate surface area is 355 Å². The van der Waals surface area contributed by atoms with E-state index in [-0.39, 0.29) is 38.6 Å². The molecular formula is C48H86NO8P. The van der Waals surface area contributed by atoms with Crippen molar-refractivity contribution in [3.63, 3.8) is 0 Å². The lowest BCUT2D eigenvalue weighted by Crippen LogP contribution is -2.29. The lowest BCUT2D eigenvalue weighted by atomic mass is 10.0. The number of hydrogen-bond donors (Lipinski definition) is 2. The van der Waals surface area contributed by atoms with Gasteiger partial charge in [0.2, 0.25) is 0 Å². The van der Waals surface area contributed by atoms with Gasteiger partial charge >= 0.3 is 19.8 Å². The Morgan fingerprint density at radius 1 is 0.534 bits per heavy atom. The molecule has 0 spiro atoms. The first-order chi connectivity index (χ1) is 28.3. The number of phosphoric acid groups is 1. The number of carbonyl (C=O) groups is 2. The molecule has 0 aromatic heterocycles. The zero-order valence-electron chi connectivity index (χ0n) is 37.0. The van der Waals surface area contributed by atoms with Gasteiger partial charge in [-0.25, -0.2) is 4.57 Å². The third-order valence-electron chi connectivity index (χ3n) is 9.67. The van der Waals surface area contributed by atoms with Crippen molar-refractivity contribution in [2.75, 3.05) is 26.4 Å². The van der Waals surface area contributed by atoms with E-state index in [9.17, 15) is 19.0 Å². The molecular weight excluding hydrogens is 750 g/mol. The van der Waals surface area contributed by atoms with Gasteiger partial charge in [0.15, 0.2) is 6.10 Å². The highest BCUT2D eigenvalue weighted by atomic mass is 31.2. The van der Waals surface area contributed by atoms with E-state index in [1.54, 1.807) is 0 Å². The van der Waals surface area contributed by atoms with Gasteiger partial charge in [0, 0.05) is 19.4 Å². The summed E-state index contributed by atoms with van der Waals surface area (Å²) in [5, 5.41) is 0. The number of nitrogens with two attached hydrogens (primary N) is 1. The van der Waals surface area contributed by atoms with Gasteiger partial charge in [-0.15, -0.1) is 0 Å². The van der Waals surface area contributed by atoms with Gasteiger partial charge in [0.25, 0.3) is 0 Å². The van der Waals surface area contributed by atoms with E-state index in [0.29, 0.717) is 6.42 Å². The molecule has 0 bridgehead atoms. The van der Waals surface area contributed by atoms with E-state index in [2.05, 4.69) is 74.6 Å². The molecule has 0 heterocycles. The van der Waals surface area contributed by atoms with Gasteiger partial charge in [-0.1, -0.05) is 190 Å². The quantitative estimate of drug-likeness (QED) is 0.0266.